The van der Waals surface area contributed by atoms with Crippen molar-refractivity contribution in [2.45, 2.75) is 11.5 Å². The summed E-state index contributed by atoms with van der Waals surface area (Å²) >= 11 is 0. The zero-order valence-corrected chi connectivity index (χ0v) is 15.4. The van der Waals surface area contributed by atoms with E-state index in [-0.39, 0.29) is 4.90 Å². The molecule has 4 rings (SSSR count). The fraction of sp³-hybridized carbons (Fsp3) is 0.167. The number of nitrogens with zero attached hydrogens (tertiary/aromatic N) is 1. The molecule has 0 fully saturated rings. The molecular formula is C18H16N2O6S. The summed E-state index contributed by atoms with van der Waals surface area (Å²) in [6.07, 6.45) is 1.56. The molecule has 0 bridgehead atoms. The second-order valence-corrected chi connectivity index (χ2v) is 7.48. The third-order valence-electron chi connectivity index (χ3n) is 4.17. The summed E-state index contributed by atoms with van der Waals surface area (Å²) in [5.41, 5.74) is 1.66. The molecule has 0 radical (unpaired) electrons. The van der Waals surface area contributed by atoms with Crippen molar-refractivity contribution >= 4 is 15.7 Å². The van der Waals surface area contributed by atoms with Gasteiger partial charge in [0.15, 0.2) is 17.3 Å². The largest absolute Gasteiger partial charge is 0.493 e. The molecule has 0 aliphatic carbocycles. The number of benzene rings is 2. The van der Waals surface area contributed by atoms with Crippen LogP contribution in [0, 0.1) is 0 Å². The number of rotatable bonds is 5. The van der Waals surface area contributed by atoms with Crippen molar-refractivity contribution in [3.05, 3.63) is 48.2 Å². The first-order chi connectivity index (χ1) is 13.0. The summed E-state index contributed by atoms with van der Waals surface area (Å²) in [5.74, 6) is 1.98. The highest BCUT2D eigenvalue weighted by molar-refractivity contribution is 7.92. The molecule has 0 spiro atoms. The quantitative estimate of drug-likeness (QED) is 0.717. The fourth-order valence-corrected chi connectivity index (χ4v) is 3.91. The van der Waals surface area contributed by atoms with E-state index in [4.69, 9.17) is 18.7 Å². The maximum absolute atomic E-state index is 12.8. The van der Waals surface area contributed by atoms with E-state index in [1.54, 1.807) is 30.5 Å². The molecule has 1 aromatic heterocycles. The summed E-state index contributed by atoms with van der Waals surface area (Å²) in [6, 6.07) is 9.34. The molecule has 9 heteroatoms. The van der Waals surface area contributed by atoms with Crippen molar-refractivity contribution < 1.29 is 27.2 Å². The Bertz CT molecular complexity index is 1110. The second kappa shape index (κ2) is 6.51. The van der Waals surface area contributed by atoms with Gasteiger partial charge in [0.25, 0.3) is 10.0 Å². The first-order valence-electron chi connectivity index (χ1n) is 7.97. The summed E-state index contributed by atoms with van der Waals surface area (Å²) < 4.78 is 49.4. The lowest BCUT2D eigenvalue weighted by molar-refractivity contribution is 0.297. The van der Waals surface area contributed by atoms with Gasteiger partial charge in [-0.25, -0.2) is 8.42 Å². The zero-order chi connectivity index (χ0) is 19.0. The number of fused-ring (bicyclic) bond motifs is 3. The number of nitrogens with one attached hydrogen (secondary N) is 1. The lowest BCUT2D eigenvalue weighted by Crippen LogP contribution is -2.14. The molecule has 0 unspecified atom stereocenters. The van der Waals surface area contributed by atoms with E-state index in [9.17, 15) is 8.42 Å². The van der Waals surface area contributed by atoms with Crippen LogP contribution in [0.1, 0.15) is 5.56 Å². The minimum atomic E-state index is -3.84. The third-order valence-corrected chi connectivity index (χ3v) is 5.55. The number of hydrogen-bond donors (Lipinski definition) is 1. The Morgan fingerprint density at radius 3 is 2.67 bits per heavy atom. The Balaban J connectivity index is 1.69. The van der Waals surface area contributed by atoms with E-state index in [1.807, 2.05) is 0 Å². The first kappa shape index (κ1) is 17.2. The maximum atomic E-state index is 12.8. The van der Waals surface area contributed by atoms with Gasteiger partial charge in [-0.05, 0) is 30.3 Å². The van der Waals surface area contributed by atoms with E-state index < -0.39 is 10.0 Å². The molecule has 0 atom stereocenters. The van der Waals surface area contributed by atoms with Gasteiger partial charge >= 0.3 is 0 Å². The van der Waals surface area contributed by atoms with Gasteiger partial charge in [-0.1, -0.05) is 5.16 Å². The number of hydrogen-bond acceptors (Lipinski definition) is 7. The number of ether oxygens (including phenoxy) is 3. The van der Waals surface area contributed by atoms with Crippen LogP contribution < -0.4 is 18.9 Å². The van der Waals surface area contributed by atoms with Crippen molar-refractivity contribution in [3.8, 4) is 28.6 Å². The Morgan fingerprint density at radius 2 is 1.89 bits per heavy atom. The van der Waals surface area contributed by atoms with Gasteiger partial charge in [-0.2, -0.15) is 0 Å². The number of anilines is 1. The topological polar surface area (TPSA) is 99.9 Å². The predicted molar refractivity (Wildman–Crippen MR) is 96.6 cm³/mol. The number of methoxy groups -OCH3 is 2. The predicted octanol–water partition coefficient (Wildman–Crippen LogP) is 3.05. The smallest absolute Gasteiger partial charge is 0.261 e. The van der Waals surface area contributed by atoms with Crippen LogP contribution in [0.4, 0.5) is 5.69 Å². The van der Waals surface area contributed by atoms with Gasteiger partial charge in [-0.3, -0.25) is 4.72 Å². The SMILES string of the molecule is COc1ccc(NS(=O)(=O)c2ccc3c(c2)-c2oncc2CO3)cc1OC. The highest BCUT2D eigenvalue weighted by Gasteiger charge is 2.25. The van der Waals surface area contributed by atoms with E-state index >= 15 is 0 Å². The van der Waals surface area contributed by atoms with Crippen LogP contribution >= 0.6 is 0 Å². The van der Waals surface area contributed by atoms with Crippen molar-refractivity contribution in [3.63, 3.8) is 0 Å². The molecule has 0 saturated heterocycles. The Morgan fingerprint density at radius 1 is 1.07 bits per heavy atom. The molecule has 0 amide bonds. The summed E-state index contributed by atoms with van der Waals surface area (Å²) in [5, 5.41) is 3.75. The van der Waals surface area contributed by atoms with Crippen LogP contribution in [0.25, 0.3) is 11.3 Å². The summed E-state index contributed by atoms with van der Waals surface area (Å²) in [6.45, 7) is 0.335. The van der Waals surface area contributed by atoms with Crippen LogP contribution in [-0.2, 0) is 16.6 Å². The first-order valence-corrected chi connectivity index (χ1v) is 9.46. The molecule has 3 aromatic rings. The molecular weight excluding hydrogens is 372 g/mol. The molecule has 2 aromatic carbocycles. The zero-order valence-electron chi connectivity index (χ0n) is 14.6. The van der Waals surface area contributed by atoms with E-state index in [1.165, 1.54) is 26.4 Å². The third kappa shape index (κ3) is 3.06. The fourth-order valence-electron chi connectivity index (χ4n) is 2.83. The maximum Gasteiger partial charge on any atom is 0.261 e. The van der Waals surface area contributed by atoms with Gasteiger partial charge in [0.2, 0.25) is 0 Å². The van der Waals surface area contributed by atoms with Gasteiger partial charge in [0.05, 0.1) is 42.1 Å². The lowest BCUT2D eigenvalue weighted by Gasteiger charge is -2.17. The highest BCUT2D eigenvalue weighted by atomic mass is 32.2. The normalized spacial score (nSPS) is 12.5. The van der Waals surface area contributed by atoms with Gasteiger partial charge in [0, 0.05) is 6.07 Å². The minimum Gasteiger partial charge on any atom is -0.493 e. The van der Waals surface area contributed by atoms with Crippen LogP contribution in [-0.4, -0.2) is 27.8 Å². The standard InChI is InChI=1S/C18H16N2O6S/c1-23-16-5-3-12(7-17(16)24-2)20-27(21,22)13-4-6-15-14(8-13)18-11(10-25-15)9-19-26-18/h3-9,20H,10H2,1-2H3. The molecule has 1 N–H and O–H groups in total. The number of aromatic nitrogens is 1. The van der Waals surface area contributed by atoms with Gasteiger partial charge < -0.3 is 18.7 Å². The molecule has 27 heavy (non-hydrogen) atoms. The monoisotopic (exact) mass is 388 g/mol. The number of sulfonamides is 1. The average Bonchev–Trinajstić information content (AvgIpc) is 3.16. The van der Waals surface area contributed by atoms with Gasteiger partial charge in [0.1, 0.15) is 12.4 Å². The summed E-state index contributed by atoms with van der Waals surface area (Å²) in [4.78, 5) is 0.0730. The van der Waals surface area contributed by atoms with E-state index in [0.29, 0.717) is 40.9 Å². The van der Waals surface area contributed by atoms with Crippen molar-refractivity contribution in [1.82, 2.24) is 5.16 Å². The highest BCUT2D eigenvalue weighted by Crippen LogP contribution is 2.39. The Kier molecular flexibility index (Phi) is 4.15. The Labute approximate surface area is 155 Å². The van der Waals surface area contributed by atoms with Gasteiger partial charge in [-0.15, -0.1) is 0 Å². The second-order valence-electron chi connectivity index (χ2n) is 5.80. The summed E-state index contributed by atoms with van der Waals surface area (Å²) in [7, 11) is -0.852. The van der Waals surface area contributed by atoms with Crippen LogP contribution in [0.5, 0.6) is 17.2 Å². The minimum absolute atomic E-state index is 0.0730. The Hall–Kier alpha value is -3.20. The van der Waals surface area contributed by atoms with E-state index in [2.05, 4.69) is 9.88 Å². The molecule has 8 nitrogen and oxygen atoms in total. The van der Waals surface area contributed by atoms with Crippen molar-refractivity contribution in [2.24, 2.45) is 0 Å². The van der Waals surface area contributed by atoms with Crippen molar-refractivity contribution in [2.75, 3.05) is 18.9 Å². The molecule has 1 aliphatic rings. The van der Waals surface area contributed by atoms with Crippen LogP contribution in [0.2, 0.25) is 0 Å². The molecule has 0 saturated carbocycles. The molecule has 140 valence electrons. The van der Waals surface area contributed by atoms with Crippen molar-refractivity contribution in [1.29, 1.82) is 0 Å². The lowest BCUT2D eigenvalue weighted by atomic mass is 10.1. The van der Waals surface area contributed by atoms with Crippen LogP contribution in [0.15, 0.2) is 52.0 Å². The molecule has 1 aliphatic heterocycles. The van der Waals surface area contributed by atoms with E-state index in [0.717, 1.165) is 5.56 Å². The van der Waals surface area contributed by atoms with Crippen LogP contribution in [0.3, 0.4) is 0 Å². The average molecular weight is 388 g/mol. The molecule has 2 heterocycles.